The van der Waals surface area contributed by atoms with Crippen LogP contribution in [-0.2, 0) is 11.2 Å². The van der Waals surface area contributed by atoms with Crippen molar-refractivity contribution in [3.63, 3.8) is 0 Å². The number of aryl methyl sites for hydroxylation is 2. The van der Waals surface area contributed by atoms with Crippen molar-refractivity contribution in [2.24, 2.45) is 5.92 Å². The summed E-state index contributed by atoms with van der Waals surface area (Å²) in [6, 6.07) is 6.11. The lowest BCUT2D eigenvalue weighted by Crippen LogP contribution is -2.29. The third-order valence-electron chi connectivity index (χ3n) is 4.23. The third-order valence-corrected chi connectivity index (χ3v) is 4.23. The average Bonchev–Trinajstić information content (AvgIpc) is 2.53. The number of carbonyl (C=O) groups excluding carboxylic acids is 1. The Hall–Kier alpha value is -1.51. The molecule has 1 rings (SSSR count). The lowest BCUT2D eigenvalue weighted by atomic mass is 9.99. The molecule has 0 fully saturated rings. The molecule has 0 spiro atoms. The Balaban J connectivity index is 2.35. The van der Waals surface area contributed by atoms with Crippen LogP contribution in [0, 0.1) is 12.8 Å². The van der Waals surface area contributed by atoms with Gasteiger partial charge in [0.25, 0.3) is 0 Å². The summed E-state index contributed by atoms with van der Waals surface area (Å²) in [6.07, 6.45) is 6.15. The molecule has 0 saturated carbocycles. The number of hydrogen-bond donors (Lipinski definition) is 1. The van der Waals surface area contributed by atoms with Crippen molar-refractivity contribution in [2.75, 3.05) is 13.7 Å². The minimum atomic E-state index is 0.156. The summed E-state index contributed by atoms with van der Waals surface area (Å²) in [5.74, 6) is 1.67. The van der Waals surface area contributed by atoms with Crippen LogP contribution < -0.4 is 10.1 Å². The second-order valence-corrected chi connectivity index (χ2v) is 6.02. The summed E-state index contributed by atoms with van der Waals surface area (Å²) in [5.41, 5.74) is 2.30. The molecule has 1 aromatic carbocycles. The molecular weight excluding hydrogens is 274 g/mol. The molecule has 1 N–H and O–H groups in total. The molecule has 1 atom stereocenters. The Morgan fingerprint density at radius 1 is 1.32 bits per heavy atom. The summed E-state index contributed by atoms with van der Waals surface area (Å²) in [7, 11) is 1.68. The highest BCUT2D eigenvalue weighted by molar-refractivity contribution is 5.76. The van der Waals surface area contributed by atoms with Gasteiger partial charge >= 0.3 is 0 Å². The van der Waals surface area contributed by atoms with Crippen LogP contribution in [0.15, 0.2) is 18.2 Å². The Morgan fingerprint density at radius 3 is 2.68 bits per heavy atom. The van der Waals surface area contributed by atoms with Crippen LogP contribution in [0.5, 0.6) is 5.75 Å². The number of amides is 1. The minimum absolute atomic E-state index is 0.156. The molecular formula is C19H31NO2. The van der Waals surface area contributed by atoms with Crippen LogP contribution in [0.4, 0.5) is 0 Å². The normalized spacial score (nSPS) is 12.0. The Kier molecular flexibility index (Phi) is 8.64. The molecule has 0 heterocycles. The molecule has 3 heteroatoms. The summed E-state index contributed by atoms with van der Waals surface area (Å²) in [6.45, 7) is 7.26. The van der Waals surface area contributed by atoms with Crippen molar-refractivity contribution in [1.29, 1.82) is 0 Å². The van der Waals surface area contributed by atoms with Gasteiger partial charge in [-0.25, -0.2) is 0 Å². The Bertz CT molecular complexity index is 457. The van der Waals surface area contributed by atoms with Crippen molar-refractivity contribution in [3.05, 3.63) is 29.3 Å². The number of carbonyl (C=O) groups is 1. The first kappa shape index (κ1) is 18.5. The van der Waals surface area contributed by atoms with E-state index in [9.17, 15) is 4.79 Å². The Morgan fingerprint density at radius 2 is 2.09 bits per heavy atom. The molecule has 0 radical (unpaired) electrons. The largest absolute Gasteiger partial charge is 0.496 e. The van der Waals surface area contributed by atoms with Gasteiger partial charge in [-0.3, -0.25) is 4.79 Å². The van der Waals surface area contributed by atoms with Gasteiger partial charge in [0.15, 0.2) is 0 Å². The predicted molar refractivity (Wildman–Crippen MR) is 92.4 cm³/mol. The van der Waals surface area contributed by atoms with Gasteiger partial charge in [-0.1, -0.05) is 45.2 Å². The van der Waals surface area contributed by atoms with Crippen LogP contribution in [0.1, 0.15) is 57.1 Å². The van der Waals surface area contributed by atoms with Gasteiger partial charge in [0.1, 0.15) is 5.75 Å². The van der Waals surface area contributed by atoms with E-state index in [1.165, 1.54) is 24.8 Å². The number of hydrogen-bond acceptors (Lipinski definition) is 2. The molecule has 0 aromatic heterocycles. The second kappa shape index (κ2) is 10.3. The van der Waals surface area contributed by atoms with E-state index in [0.717, 1.165) is 30.7 Å². The monoisotopic (exact) mass is 305 g/mol. The molecule has 0 aliphatic heterocycles. The fraction of sp³-hybridized carbons (Fsp3) is 0.632. The maximum absolute atomic E-state index is 12.0. The zero-order valence-electron chi connectivity index (χ0n) is 14.6. The van der Waals surface area contributed by atoms with Gasteiger partial charge in [-0.2, -0.15) is 0 Å². The minimum Gasteiger partial charge on any atom is -0.496 e. The first-order valence-corrected chi connectivity index (χ1v) is 8.50. The van der Waals surface area contributed by atoms with Crippen molar-refractivity contribution in [2.45, 2.75) is 59.3 Å². The van der Waals surface area contributed by atoms with E-state index in [1.54, 1.807) is 7.11 Å². The van der Waals surface area contributed by atoms with Crippen molar-refractivity contribution < 1.29 is 9.53 Å². The summed E-state index contributed by atoms with van der Waals surface area (Å²) >= 11 is 0. The van der Waals surface area contributed by atoms with E-state index in [1.807, 2.05) is 19.1 Å². The van der Waals surface area contributed by atoms with Gasteiger partial charge in [-0.05, 0) is 42.9 Å². The molecule has 0 bridgehead atoms. The SMILES string of the molecule is CCCC[C@H](CC)CNC(=O)CCc1ccc(OC)c(C)c1. The summed E-state index contributed by atoms with van der Waals surface area (Å²) < 4.78 is 5.26. The van der Waals surface area contributed by atoms with E-state index < -0.39 is 0 Å². The van der Waals surface area contributed by atoms with E-state index >= 15 is 0 Å². The van der Waals surface area contributed by atoms with Crippen LogP contribution in [-0.4, -0.2) is 19.6 Å². The smallest absolute Gasteiger partial charge is 0.220 e. The number of rotatable bonds is 10. The van der Waals surface area contributed by atoms with Crippen molar-refractivity contribution in [1.82, 2.24) is 5.32 Å². The lowest BCUT2D eigenvalue weighted by molar-refractivity contribution is -0.121. The van der Waals surface area contributed by atoms with Gasteiger partial charge in [0.05, 0.1) is 7.11 Å². The highest BCUT2D eigenvalue weighted by Crippen LogP contribution is 2.19. The Labute approximate surface area is 135 Å². The second-order valence-electron chi connectivity index (χ2n) is 6.02. The third kappa shape index (κ3) is 6.50. The van der Waals surface area contributed by atoms with Crippen molar-refractivity contribution in [3.8, 4) is 5.75 Å². The van der Waals surface area contributed by atoms with Gasteiger partial charge in [0.2, 0.25) is 5.91 Å². The maximum Gasteiger partial charge on any atom is 0.220 e. The molecule has 124 valence electrons. The number of benzene rings is 1. The molecule has 1 amide bonds. The molecule has 22 heavy (non-hydrogen) atoms. The first-order chi connectivity index (χ1) is 10.6. The van der Waals surface area contributed by atoms with Gasteiger partial charge in [0, 0.05) is 13.0 Å². The molecule has 1 aromatic rings. The number of ether oxygens (including phenoxy) is 1. The van der Waals surface area contributed by atoms with Crippen molar-refractivity contribution >= 4 is 5.91 Å². The van der Waals surface area contributed by atoms with E-state index in [2.05, 4.69) is 25.2 Å². The summed E-state index contributed by atoms with van der Waals surface area (Å²) in [5, 5.41) is 3.09. The number of nitrogens with one attached hydrogen (secondary N) is 1. The number of unbranched alkanes of at least 4 members (excludes halogenated alkanes) is 1. The van der Waals surface area contributed by atoms with E-state index in [4.69, 9.17) is 4.74 Å². The highest BCUT2D eigenvalue weighted by atomic mass is 16.5. The highest BCUT2D eigenvalue weighted by Gasteiger charge is 2.09. The topological polar surface area (TPSA) is 38.3 Å². The van der Waals surface area contributed by atoms with E-state index in [-0.39, 0.29) is 5.91 Å². The van der Waals surface area contributed by atoms with Gasteiger partial charge in [-0.15, -0.1) is 0 Å². The fourth-order valence-electron chi connectivity index (χ4n) is 2.64. The molecule has 0 aliphatic rings. The molecule has 0 saturated heterocycles. The summed E-state index contributed by atoms with van der Waals surface area (Å²) in [4.78, 5) is 12.0. The van der Waals surface area contributed by atoms with Crippen LogP contribution >= 0.6 is 0 Å². The van der Waals surface area contributed by atoms with Crippen LogP contribution in [0.3, 0.4) is 0 Å². The standard InChI is InChI=1S/C19H31NO2/c1-5-7-8-16(6-2)14-20-19(21)12-10-17-9-11-18(22-4)15(3)13-17/h9,11,13,16H,5-8,10,12,14H2,1-4H3,(H,20,21)/t16-/m0/s1. The molecule has 3 nitrogen and oxygen atoms in total. The molecule has 0 unspecified atom stereocenters. The number of methoxy groups -OCH3 is 1. The zero-order valence-corrected chi connectivity index (χ0v) is 14.6. The van der Waals surface area contributed by atoms with Crippen LogP contribution in [0.2, 0.25) is 0 Å². The first-order valence-electron chi connectivity index (χ1n) is 8.50. The average molecular weight is 305 g/mol. The van der Waals surface area contributed by atoms with Crippen LogP contribution in [0.25, 0.3) is 0 Å². The lowest BCUT2D eigenvalue weighted by Gasteiger charge is -2.15. The zero-order chi connectivity index (χ0) is 16.4. The predicted octanol–water partition coefficient (Wildman–Crippen LogP) is 4.27. The molecule has 0 aliphatic carbocycles. The quantitative estimate of drug-likeness (QED) is 0.701. The van der Waals surface area contributed by atoms with E-state index in [0.29, 0.717) is 12.3 Å². The fourth-order valence-corrected chi connectivity index (χ4v) is 2.64. The maximum atomic E-state index is 12.0. The van der Waals surface area contributed by atoms with Gasteiger partial charge < -0.3 is 10.1 Å².